The molecule has 5 rings (SSSR count). The molecule has 1 aliphatic rings. The van der Waals surface area contributed by atoms with Crippen molar-refractivity contribution < 1.29 is 0 Å². The predicted octanol–water partition coefficient (Wildman–Crippen LogP) is 5.84. The van der Waals surface area contributed by atoms with Gasteiger partial charge in [0, 0.05) is 14.9 Å². The molecule has 7 heteroatoms. The zero-order chi connectivity index (χ0) is 21.5. The van der Waals surface area contributed by atoms with E-state index in [1.807, 2.05) is 24.3 Å². The van der Waals surface area contributed by atoms with Crippen LogP contribution in [0.25, 0.3) is 15.9 Å². The number of nitrogens with zero attached hydrogens (tertiary/aromatic N) is 2. The highest BCUT2D eigenvalue weighted by Crippen LogP contribution is 2.34. The molecule has 4 nitrogen and oxygen atoms in total. The van der Waals surface area contributed by atoms with E-state index < -0.39 is 0 Å². The minimum atomic E-state index is -0.365. The van der Waals surface area contributed by atoms with Gasteiger partial charge in [-0.15, -0.1) is 11.3 Å². The van der Waals surface area contributed by atoms with Crippen molar-refractivity contribution in [3.63, 3.8) is 0 Å². The Bertz CT molecular complexity index is 1400. The van der Waals surface area contributed by atoms with E-state index in [0.717, 1.165) is 48.1 Å². The second-order valence-corrected chi connectivity index (χ2v) is 9.75. The molecule has 0 spiro atoms. The maximum Gasteiger partial charge on any atom is 0.337 e. The number of hydrogen-bond donors (Lipinski definition) is 0. The Labute approximate surface area is 193 Å². The fourth-order valence-electron chi connectivity index (χ4n) is 4.30. The van der Waals surface area contributed by atoms with Gasteiger partial charge in [0.05, 0.1) is 17.6 Å². The summed E-state index contributed by atoms with van der Waals surface area (Å²) in [6.07, 6.45) is 5.15. The van der Waals surface area contributed by atoms with Gasteiger partial charge in [-0.3, -0.25) is 9.36 Å². The van der Waals surface area contributed by atoms with Crippen LogP contribution in [0.3, 0.4) is 0 Å². The highest BCUT2D eigenvalue weighted by Gasteiger charge is 2.24. The van der Waals surface area contributed by atoms with Crippen molar-refractivity contribution in [2.45, 2.75) is 38.6 Å². The Morgan fingerprint density at radius 3 is 2.42 bits per heavy atom. The highest BCUT2D eigenvalue weighted by molar-refractivity contribution is 7.18. The Morgan fingerprint density at radius 1 is 0.903 bits per heavy atom. The van der Waals surface area contributed by atoms with Crippen molar-refractivity contribution >= 4 is 44.8 Å². The van der Waals surface area contributed by atoms with Crippen molar-refractivity contribution in [1.82, 2.24) is 9.13 Å². The van der Waals surface area contributed by atoms with Crippen LogP contribution in [0.4, 0.5) is 0 Å². The first-order chi connectivity index (χ1) is 15.0. The summed E-state index contributed by atoms with van der Waals surface area (Å²) in [6.45, 7) is 0.308. The lowest BCUT2D eigenvalue weighted by Crippen LogP contribution is -2.39. The lowest BCUT2D eigenvalue weighted by atomic mass is 10.1. The summed E-state index contributed by atoms with van der Waals surface area (Å²) in [5.41, 5.74) is 1.85. The average Bonchev–Trinajstić information content (AvgIpc) is 2.96. The molecule has 4 aromatic rings. The maximum absolute atomic E-state index is 13.6. The molecule has 0 amide bonds. The minimum Gasteiger partial charge on any atom is -0.279 e. The Kier molecular flexibility index (Phi) is 5.51. The molecule has 2 aromatic carbocycles. The summed E-state index contributed by atoms with van der Waals surface area (Å²) in [5.74, 6) is 0. The zero-order valence-electron chi connectivity index (χ0n) is 16.7. The van der Waals surface area contributed by atoms with Gasteiger partial charge in [0.2, 0.25) is 0 Å². The molecule has 158 valence electrons. The lowest BCUT2D eigenvalue weighted by molar-refractivity contribution is 0.708. The molecule has 2 aromatic heterocycles. The standard InChI is InChI=1S/C24H20Cl2N2O2S/c25-16-10-12-17(13-11-16)28-22(29)21-18-7-2-1-3-9-20(18)31-23(21)27(24(28)30)14-15-6-4-5-8-19(15)26/h4-6,8,10-13H,1-3,7,9,14H2. The van der Waals surface area contributed by atoms with Crippen LogP contribution < -0.4 is 11.2 Å². The van der Waals surface area contributed by atoms with Crippen LogP contribution in [-0.4, -0.2) is 9.13 Å². The largest absolute Gasteiger partial charge is 0.337 e. The number of aromatic nitrogens is 2. The van der Waals surface area contributed by atoms with Crippen molar-refractivity contribution in [3.05, 3.63) is 95.4 Å². The van der Waals surface area contributed by atoms with E-state index in [4.69, 9.17) is 23.2 Å². The van der Waals surface area contributed by atoms with Crippen molar-refractivity contribution in [2.75, 3.05) is 0 Å². The molecule has 0 radical (unpaired) electrons. The monoisotopic (exact) mass is 470 g/mol. The Hall–Kier alpha value is -2.34. The van der Waals surface area contributed by atoms with E-state index in [2.05, 4.69) is 0 Å². The number of aryl methyl sites for hydroxylation is 2. The van der Waals surface area contributed by atoms with Gasteiger partial charge < -0.3 is 0 Å². The summed E-state index contributed by atoms with van der Waals surface area (Å²) in [5, 5.41) is 1.83. The summed E-state index contributed by atoms with van der Waals surface area (Å²) in [6, 6.07) is 14.3. The third-order valence-corrected chi connectivity index (χ3v) is 7.79. The molecule has 0 N–H and O–H groups in total. The summed E-state index contributed by atoms with van der Waals surface area (Å²) in [7, 11) is 0. The topological polar surface area (TPSA) is 44.0 Å². The van der Waals surface area contributed by atoms with E-state index in [1.165, 1.54) is 9.44 Å². The number of thiophene rings is 1. The predicted molar refractivity (Wildman–Crippen MR) is 129 cm³/mol. The van der Waals surface area contributed by atoms with Gasteiger partial charge in [0.1, 0.15) is 4.83 Å². The molecule has 0 bridgehead atoms. The molecule has 31 heavy (non-hydrogen) atoms. The van der Waals surface area contributed by atoms with Gasteiger partial charge in [0.15, 0.2) is 0 Å². The van der Waals surface area contributed by atoms with Gasteiger partial charge in [-0.1, -0.05) is 47.8 Å². The van der Waals surface area contributed by atoms with E-state index in [-0.39, 0.29) is 11.2 Å². The molecule has 0 fully saturated rings. The van der Waals surface area contributed by atoms with Gasteiger partial charge >= 0.3 is 5.69 Å². The molecular weight excluding hydrogens is 451 g/mol. The second-order valence-electron chi connectivity index (χ2n) is 7.82. The SMILES string of the molecule is O=c1c2c3c(sc2n(Cc2ccccc2Cl)c(=O)n1-c1ccc(Cl)cc1)CCCCC3. The quantitative estimate of drug-likeness (QED) is 0.353. The van der Waals surface area contributed by atoms with E-state index in [1.54, 1.807) is 40.2 Å². The van der Waals surface area contributed by atoms with Gasteiger partial charge in [0.25, 0.3) is 5.56 Å². The average molecular weight is 471 g/mol. The van der Waals surface area contributed by atoms with Crippen LogP contribution in [0, 0.1) is 0 Å². The fourth-order valence-corrected chi connectivity index (χ4v) is 5.99. The first-order valence-electron chi connectivity index (χ1n) is 10.3. The number of hydrogen-bond acceptors (Lipinski definition) is 3. The van der Waals surface area contributed by atoms with Gasteiger partial charge in [-0.25, -0.2) is 9.36 Å². The van der Waals surface area contributed by atoms with E-state index in [0.29, 0.717) is 27.7 Å². The Balaban J connectivity index is 1.84. The number of rotatable bonds is 3. The van der Waals surface area contributed by atoms with Gasteiger partial charge in [-0.2, -0.15) is 0 Å². The maximum atomic E-state index is 13.6. The fraction of sp³-hybridized carbons (Fsp3) is 0.250. The van der Waals surface area contributed by atoms with Crippen molar-refractivity contribution in [3.8, 4) is 5.69 Å². The Morgan fingerprint density at radius 2 is 1.65 bits per heavy atom. The van der Waals surface area contributed by atoms with Crippen LogP contribution >= 0.6 is 34.5 Å². The van der Waals surface area contributed by atoms with Crippen LogP contribution in [0.1, 0.15) is 35.3 Å². The molecular formula is C24H20Cl2N2O2S. The van der Waals surface area contributed by atoms with Crippen molar-refractivity contribution in [1.29, 1.82) is 0 Å². The number of halogens is 2. The van der Waals surface area contributed by atoms with Crippen molar-refractivity contribution in [2.24, 2.45) is 0 Å². The number of benzene rings is 2. The van der Waals surface area contributed by atoms with Crippen LogP contribution in [0.5, 0.6) is 0 Å². The van der Waals surface area contributed by atoms with E-state index >= 15 is 0 Å². The third-order valence-electron chi connectivity index (χ3n) is 5.86. The summed E-state index contributed by atoms with van der Waals surface area (Å²) >= 11 is 14.0. The third kappa shape index (κ3) is 3.65. The van der Waals surface area contributed by atoms with Crippen LogP contribution in [-0.2, 0) is 19.4 Å². The lowest BCUT2D eigenvalue weighted by Gasteiger charge is -2.13. The molecule has 0 saturated carbocycles. The molecule has 0 aliphatic heterocycles. The molecule has 0 unspecified atom stereocenters. The first-order valence-corrected chi connectivity index (χ1v) is 11.9. The first kappa shape index (κ1) is 20.6. The van der Waals surface area contributed by atoms with Crippen LogP contribution in [0.15, 0.2) is 58.1 Å². The van der Waals surface area contributed by atoms with Crippen LogP contribution in [0.2, 0.25) is 10.0 Å². The summed E-state index contributed by atoms with van der Waals surface area (Å²) in [4.78, 5) is 29.3. The smallest absolute Gasteiger partial charge is 0.279 e. The second kappa shape index (κ2) is 8.30. The minimum absolute atomic E-state index is 0.253. The molecule has 0 atom stereocenters. The normalized spacial score (nSPS) is 13.9. The number of fused-ring (bicyclic) bond motifs is 3. The summed E-state index contributed by atoms with van der Waals surface area (Å²) < 4.78 is 2.97. The zero-order valence-corrected chi connectivity index (χ0v) is 19.1. The molecule has 2 heterocycles. The highest BCUT2D eigenvalue weighted by atomic mass is 35.5. The molecule has 1 aliphatic carbocycles. The van der Waals surface area contributed by atoms with E-state index in [9.17, 15) is 9.59 Å². The molecule has 0 saturated heterocycles. The van der Waals surface area contributed by atoms with Gasteiger partial charge in [-0.05, 0) is 67.1 Å².